The van der Waals surface area contributed by atoms with Gasteiger partial charge in [-0.05, 0) is 75.1 Å². The summed E-state index contributed by atoms with van der Waals surface area (Å²) in [6.45, 7) is 2.36. The zero-order valence-corrected chi connectivity index (χ0v) is 18.5. The Morgan fingerprint density at radius 1 is 1.10 bits per heavy atom. The molecule has 0 atom stereocenters. The van der Waals surface area contributed by atoms with Crippen LogP contribution in [0, 0.1) is 17.2 Å². The molecule has 2 aliphatic rings. The minimum atomic E-state index is 0.0160. The molecule has 1 amide bonds. The van der Waals surface area contributed by atoms with E-state index in [-0.39, 0.29) is 5.91 Å². The number of fused-ring (bicyclic) bond motifs is 1. The molecular weight excluding hydrogens is 390 g/mol. The summed E-state index contributed by atoms with van der Waals surface area (Å²) in [5.74, 6) is 0.719. The van der Waals surface area contributed by atoms with E-state index in [4.69, 9.17) is 0 Å². The molecule has 1 N–H and O–H groups in total. The number of piperidine rings is 1. The first-order chi connectivity index (χ1) is 14.7. The van der Waals surface area contributed by atoms with Crippen molar-refractivity contribution in [3.63, 3.8) is 0 Å². The average Bonchev–Trinajstić information content (AvgIpc) is 3.05. The molecule has 1 fully saturated rings. The van der Waals surface area contributed by atoms with Crippen LogP contribution in [0.5, 0.6) is 0 Å². The van der Waals surface area contributed by atoms with Crippen LogP contribution < -0.4 is 5.32 Å². The smallest absolute Gasteiger partial charge is 0.239 e. The monoisotopic (exact) mass is 421 g/mol. The van der Waals surface area contributed by atoms with Gasteiger partial charge in [0, 0.05) is 4.88 Å². The number of rotatable bonds is 5. The zero-order chi connectivity index (χ0) is 20.8. The van der Waals surface area contributed by atoms with Crippen LogP contribution in [0.15, 0.2) is 30.3 Å². The number of nitrogens with zero attached hydrogens (tertiary/aromatic N) is 2. The van der Waals surface area contributed by atoms with E-state index in [9.17, 15) is 10.1 Å². The van der Waals surface area contributed by atoms with Crippen LogP contribution in [0.4, 0.5) is 5.00 Å². The molecule has 0 radical (unpaired) electrons. The van der Waals surface area contributed by atoms with Crippen molar-refractivity contribution in [2.75, 3.05) is 25.0 Å². The first-order valence-electron chi connectivity index (χ1n) is 11.3. The second-order valence-electron chi connectivity index (χ2n) is 8.69. The maximum absolute atomic E-state index is 12.7. The van der Waals surface area contributed by atoms with Gasteiger partial charge in [-0.3, -0.25) is 9.69 Å². The van der Waals surface area contributed by atoms with Gasteiger partial charge < -0.3 is 5.32 Å². The molecule has 158 valence electrons. The molecule has 1 aliphatic heterocycles. The van der Waals surface area contributed by atoms with Crippen LogP contribution in [0.3, 0.4) is 0 Å². The van der Waals surface area contributed by atoms with E-state index in [0.717, 1.165) is 56.6 Å². The summed E-state index contributed by atoms with van der Waals surface area (Å²) in [6.07, 6.45) is 10.3. The Morgan fingerprint density at radius 3 is 2.57 bits per heavy atom. The van der Waals surface area contributed by atoms with Crippen molar-refractivity contribution in [2.24, 2.45) is 5.92 Å². The van der Waals surface area contributed by atoms with Crippen LogP contribution >= 0.6 is 11.3 Å². The maximum Gasteiger partial charge on any atom is 0.239 e. The molecule has 1 aliphatic carbocycles. The molecule has 1 aromatic heterocycles. The maximum atomic E-state index is 12.7. The molecule has 30 heavy (non-hydrogen) atoms. The van der Waals surface area contributed by atoms with Gasteiger partial charge in [-0.2, -0.15) is 5.26 Å². The summed E-state index contributed by atoms with van der Waals surface area (Å²) in [4.78, 5) is 16.3. The molecule has 1 aromatic carbocycles. The number of thiophene rings is 1. The third-order valence-corrected chi connectivity index (χ3v) is 7.68. The van der Waals surface area contributed by atoms with Gasteiger partial charge in [-0.25, -0.2) is 0 Å². The second kappa shape index (κ2) is 10.2. The molecule has 5 heteroatoms. The quantitative estimate of drug-likeness (QED) is 0.724. The number of aryl methyl sites for hydroxylation is 1. The van der Waals surface area contributed by atoms with Crippen molar-refractivity contribution in [1.29, 1.82) is 5.26 Å². The lowest BCUT2D eigenvalue weighted by Crippen LogP contribution is -2.39. The van der Waals surface area contributed by atoms with E-state index in [1.807, 2.05) is 0 Å². The lowest BCUT2D eigenvalue weighted by Gasteiger charge is -2.31. The summed E-state index contributed by atoms with van der Waals surface area (Å²) in [5, 5.41) is 13.5. The van der Waals surface area contributed by atoms with Gasteiger partial charge in [0.15, 0.2) is 0 Å². The summed E-state index contributed by atoms with van der Waals surface area (Å²) >= 11 is 1.63. The van der Waals surface area contributed by atoms with Crippen molar-refractivity contribution in [1.82, 2.24) is 4.90 Å². The molecule has 1 saturated heterocycles. The van der Waals surface area contributed by atoms with Crippen molar-refractivity contribution < 1.29 is 4.79 Å². The molecule has 2 aromatic rings. The number of amides is 1. The van der Waals surface area contributed by atoms with Gasteiger partial charge in [-0.1, -0.05) is 43.2 Å². The average molecular weight is 422 g/mol. The minimum absolute atomic E-state index is 0.0160. The SMILES string of the molecule is N#Cc1c(NC(=O)CN2CCC(Cc3ccccc3)CC2)sc2c1CCCCCC2. The third kappa shape index (κ3) is 5.30. The highest BCUT2D eigenvalue weighted by atomic mass is 32.1. The Bertz CT molecular complexity index is 891. The Kier molecular flexibility index (Phi) is 7.20. The number of anilines is 1. The van der Waals surface area contributed by atoms with E-state index in [1.165, 1.54) is 35.3 Å². The lowest BCUT2D eigenvalue weighted by molar-refractivity contribution is -0.117. The fourth-order valence-corrected chi connectivity index (χ4v) is 6.05. The summed E-state index contributed by atoms with van der Waals surface area (Å²) < 4.78 is 0. The van der Waals surface area contributed by atoms with Crippen LogP contribution in [0.2, 0.25) is 0 Å². The van der Waals surface area contributed by atoms with Gasteiger partial charge >= 0.3 is 0 Å². The Labute approximate surface area is 183 Å². The normalized spacial score (nSPS) is 18.1. The Morgan fingerprint density at radius 2 is 1.83 bits per heavy atom. The van der Waals surface area contributed by atoms with Crippen molar-refractivity contribution in [3.05, 3.63) is 51.9 Å². The predicted molar refractivity (Wildman–Crippen MR) is 123 cm³/mol. The van der Waals surface area contributed by atoms with Crippen LogP contribution in [0.25, 0.3) is 0 Å². The fourth-order valence-electron chi connectivity index (χ4n) is 4.79. The number of carbonyl (C=O) groups is 1. The van der Waals surface area contributed by atoms with Crippen LogP contribution in [-0.2, 0) is 24.1 Å². The Balaban J connectivity index is 1.30. The highest BCUT2D eigenvalue weighted by Crippen LogP contribution is 2.36. The molecule has 0 spiro atoms. The van der Waals surface area contributed by atoms with Crippen LogP contribution in [0.1, 0.15) is 60.1 Å². The van der Waals surface area contributed by atoms with Crippen molar-refractivity contribution in [3.8, 4) is 6.07 Å². The highest BCUT2D eigenvalue weighted by Gasteiger charge is 2.23. The molecule has 4 rings (SSSR count). The number of hydrogen-bond donors (Lipinski definition) is 1. The van der Waals surface area contributed by atoms with Crippen molar-refractivity contribution in [2.45, 2.75) is 57.8 Å². The topological polar surface area (TPSA) is 56.1 Å². The molecular formula is C25H31N3OS. The number of likely N-dealkylation sites (tertiary alicyclic amines) is 1. The van der Waals surface area contributed by atoms with Gasteiger partial charge in [0.1, 0.15) is 11.1 Å². The number of nitrogens with one attached hydrogen (secondary N) is 1. The van der Waals surface area contributed by atoms with E-state index in [1.54, 1.807) is 11.3 Å². The first kappa shape index (κ1) is 21.1. The van der Waals surface area contributed by atoms with E-state index in [0.29, 0.717) is 18.0 Å². The van der Waals surface area contributed by atoms with E-state index in [2.05, 4.69) is 46.6 Å². The third-order valence-electron chi connectivity index (χ3n) is 6.48. The molecule has 0 unspecified atom stereocenters. The molecule has 2 heterocycles. The fraction of sp³-hybridized carbons (Fsp3) is 0.520. The number of benzene rings is 1. The second-order valence-corrected chi connectivity index (χ2v) is 9.80. The summed E-state index contributed by atoms with van der Waals surface area (Å²) in [7, 11) is 0. The number of hydrogen-bond acceptors (Lipinski definition) is 4. The predicted octanol–water partition coefficient (Wildman–Crippen LogP) is 5.17. The van der Waals surface area contributed by atoms with E-state index >= 15 is 0 Å². The summed E-state index contributed by atoms with van der Waals surface area (Å²) in [6, 6.07) is 13.1. The van der Waals surface area contributed by atoms with Gasteiger partial charge in [0.05, 0.1) is 12.1 Å². The molecule has 0 bridgehead atoms. The standard InChI is InChI=1S/C25H31N3OS/c26-17-22-21-10-6-1-2-7-11-23(21)30-25(22)27-24(29)18-28-14-12-20(13-15-28)16-19-8-4-3-5-9-19/h3-5,8-9,20H,1-2,6-7,10-16,18H2,(H,27,29). The lowest BCUT2D eigenvalue weighted by atomic mass is 9.90. The van der Waals surface area contributed by atoms with Crippen LogP contribution in [-0.4, -0.2) is 30.4 Å². The van der Waals surface area contributed by atoms with Gasteiger partial charge in [0.2, 0.25) is 5.91 Å². The molecule has 4 nitrogen and oxygen atoms in total. The number of carbonyl (C=O) groups excluding carboxylic acids is 1. The van der Waals surface area contributed by atoms with Gasteiger partial charge in [0.25, 0.3) is 0 Å². The van der Waals surface area contributed by atoms with Gasteiger partial charge in [-0.15, -0.1) is 11.3 Å². The minimum Gasteiger partial charge on any atom is -0.315 e. The summed E-state index contributed by atoms with van der Waals surface area (Å²) in [5.41, 5.74) is 3.32. The van der Waals surface area contributed by atoms with E-state index < -0.39 is 0 Å². The Hall–Kier alpha value is -2.16. The number of nitriles is 1. The zero-order valence-electron chi connectivity index (χ0n) is 17.7. The van der Waals surface area contributed by atoms with Crippen molar-refractivity contribution >= 4 is 22.2 Å². The highest BCUT2D eigenvalue weighted by molar-refractivity contribution is 7.16. The largest absolute Gasteiger partial charge is 0.315 e. The molecule has 0 saturated carbocycles. The first-order valence-corrected chi connectivity index (χ1v) is 12.2.